The van der Waals surface area contributed by atoms with Gasteiger partial charge in [-0.3, -0.25) is 4.79 Å². The quantitative estimate of drug-likeness (QED) is 0.347. The lowest BCUT2D eigenvalue weighted by atomic mass is 10.0. The number of rotatable bonds is 10. The third-order valence-corrected chi connectivity index (χ3v) is 5.07. The predicted molar refractivity (Wildman–Crippen MR) is 120 cm³/mol. The van der Waals surface area contributed by atoms with Crippen LogP contribution in [0.15, 0.2) is 40.8 Å². The maximum Gasteiger partial charge on any atom is 0.255 e. The number of furan rings is 1. The van der Waals surface area contributed by atoms with Gasteiger partial charge in [0.05, 0.1) is 17.9 Å². The van der Waals surface area contributed by atoms with Gasteiger partial charge in [0.1, 0.15) is 35.6 Å². The van der Waals surface area contributed by atoms with Crippen molar-refractivity contribution in [2.45, 2.75) is 13.3 Å². The van der Waals surface area contributed by atoms with Gasteiger partial charge in [-0.15, -0.1) is 0 Å². The molecular formula is C22H25FN2O6S. The number of nitrogens with one attached hydrogen (secondary N) is 2. The summed E-state index contributed by atoms with van der Waals surface area (Å²) < 4.78 is 52.9. The Labute approximate surface area is 185 Å². The Morgan fingerprint density at radius 3 is 2.53 bits per heavy atom. The smallest absolute Gasteiger partial charge is 0.255 e. The topological polar surface area (TPSA) is 107 Å². The highest BCUT2D eigenvalue weighted by atomic mass is 32.2. The first-order chi connectivity index (χ1) is 15.2. The Balaban J connectivity index is 2.06. The lowest BCUT2D eigenvalue weighted by molar-refractivity contribution is 0.0964. The van der Waals surface area contributed by atoms with Crippen molar-refractivity contribution in [3.05, 3.63) is 47.8 Å². The molecule has 0 unspecified atom stereocenters. The molecule has 0 spiro atoms. The molecule has 2 N–H and O–H groups in total. The van der Waals surface area contributed by atoms with Gasteiger partial charge in [-0.1, -0.05) is 6.92 Å². The van der Waals surface area contributed by atoms with Crippen molar-refractivity contribution in [1.29, 1.82) is 0 Å². The normalized spacial score (nSPS) is 11.5. The maximum absolute atomic E-state index is 13.4. The van der Waals surface area contributed by atoms with Gasteiger partial charge in [0.15, 0.2) is 9.84 Å². The second-order valence-electron chi connectivity index (χ2n) is 7.15. The molecule has 1 amide bonds. The highest BCUT2D eigenvalue weighted by Gasteiger charge is 2.23. The molecule has 32 heavy (non-hydrogen) atoms. The number of halogens is 1. The van der Waals surface area contributed by atoms with E-state index in [-0.39, 0.29) is 12.6 Å². The molecule has 0 aliphatic rings. The van der Waals surface area contributed by atoms with Crippen molar-refractivity contribution in [3.63, 3.8) is 0 Å². The van der Waals surface area contributed by atoms with Crippen LogP contribution >= 0.6 is 0 Å². The first kappa shape index (κ1) is 23.6. The Morgan fingerprint density at radius 1 is 1.19 bits per heavy atom. The Kier molecular flexibility index (Phi) is 7.37. The third kappa shape index (κ3) is 5.57. The third-order valence-electron chi connectivity index (χ3n) is 4.47. The van der Waals surface area contributed by atoms with Crippen molar-refractivity contribution in [2.75, 3.05) is 37.9 Å². The number of amides is 1. The molecule has 1 heterocycles. The van der Waals surface area contributed by atoms with Crippen LogP contribution in [0.2, 0.25) is 0 Å². The number of hydrogen-bond acceptors (Lipinski definition) is 7. The summed E-state index contributed by atoms with van der Waals surface area (Å²) in [4.78, 5) is 12.7. The Bertz CT molecular complexity index is 1210. The summed E-state index contributed by atoms with van der Waals surface area (Å²) in [5.41, 5.74) is 1.76. The SMILES string of the molecule is CCCOc1cc2c(C(=O)NC)c(-c3ccc(F)cc3)oc2cc1NCOCS(C)(=O)=O. The number of fused-ring (bicyclic) bond motifs is 1. The second kappa shape index (κ2) is 10.0. The molecule has 172 valence electrons. The zero-order chi connectivity index (χ0) is 23.3. The number of benzene rings is 2. The van der Waals surface area contributed by atoms with E-state index in [0.29, 0.717) is 45.9 Å². The molecule has 0 bridgehead atoms. The van der Waals surface area contributed by atoms with Crippen LogP contribution in [0, 0.1) is 5.82 Å². The van der Waals surface area contributed by atoms with E-state index >= 15 is 0 Å². The molecular weight excluding hydrogens is 439 g/mol. The highest BCUT2D eigenvalue weighted by molar-refractivity contribution is 7.90. The summed E-state index contributed by atoms with van der Waals surface area (Å²) in [7, 11) is -1.76. The molecule has 1 aromatic heterocycles. The average Bonchev–Trinajstić information content (AvgIpc) is 3.12. The van der Waals surface area contributed by atoms with E-state index in [2.05, 4.69) is 10.6 Å². The van der Waals surface area contributed by atoms with Crippen LogP contribution in [0.3, 0.4) is 0 Å². The van der Waals surface area contributed by atoms with E-state index in [4.69, 9.17) is 13.9 Å². The van der Waals surface area contributed by atoms with Crippen LogP contribution in [0.25, 0.3) is 22.3 Å². The molecule has 3 aromatic rings. The molecule has 0 radical (unpaired) electrons. The Morgan fingerprint density at radius 2 is 1.91 bits per heavy atom. The van der Waals surface area contributed by atoms with Crippen LogP contribution in [0.1, 0.15) is 23.7 Å². The largest absolute Gasteiger partial charge is 0.491 e. The fourth-order valence-electron chi connectivity index (χ4n) is 3.07. The molecule has 0 atom stereocenters. The van der Waals surface area contributed by atoms with Gasteiger partial charge in [0.25, 0.3) is 5.91 Å². The van der Waals surface area contributed by atoms with Crippen LogP contribution in [-0.2, 0) is 14.6 Å². The zero-order valence-corrected chi connectivity index (χ0v) is 18.8. The van der Waals surface area contributed by atoms with Gasteiger partial charge in [0.2, 0.25) is 0 Å². The molecule has 8 nitrogen and oxygen atoms in total. The second-order valence-corrected chi connectivity index (χ2v) is 9.24. The van der Waals surface area contributed by atoms with E-state index < -0.39 is 21.6 Å². The molecule has 0 saturated carbocycles. The van der Waals surface area contributed by atoms with Crippen molar-refractivity contribution in [1.82, 2.24) is 5.32 Å². The summed E-state index contributed by atoms with van der Waals surface area (Å²) in [5, 5.41) is 6.12. The standard InChI is InChI=1S/C22H25FN2O6S/c1-4-9-30-19-10-16-18(11-17(19)25-12-29-13-32(3,27)28)31-21(20(16)22(26)24-2)14-5-7-15(23)8-6-14/h5-8,10-11,25H,4,9,12-13H2,1-3H3,(H,24,26). The molecule has 2 aromatic carbocycles. The molecule has 10 heteroatoms. The first-order valence-corrected chi connectivity index (χ1v) is 12.0. The Hall–Kier alpha value is -3.11. The number of carbonyl (C=O) groups is 1. The first-order valence-electron chi connectivity index (χ1n) is 9.94. The lowest BCUT2D eigenvalue weighted by Crippen LogP contribution is -2.18. The monoisotopic (exact) mass is 464 g/mol. The number of hydrogen-bond donors (Lipinski definition) is 2. The van der Waals surface area contributed by atoms with Crippen LogP contribution in [0.5, 0.6) is 5.75 Å². The molecule has 0 aliphatic carbocycles. The molecule has 0 aliphatic heterocycles. The van der Waals surface area contributed by atoms with Gasteiger partial charge in [0, 0.05) is 30.3 Å². The minimum atomic E-state index is -3.27. The molecule has 0 saturated heterocycles. The number of anilines is 1. The van der Waals surface area contributed by atoms with Gasteiger partial charge in [-0.25, -0.2) is 12.8 Å². The van der Waals surface area contributed by atoms with Crippen molar-refractivity contribution >= 4 is 32.4 Å². The zero-order valence-electron chi connectivity index (χ0n) is 18.0. The summed E-state index contributed by atoms with van der Waals surface area (Å²) >= 11 is 0. The van der Waals surface area contributed by atoms with E-state index in [0.717, 1.165) is 12.7 Å². The fraction of sp³-hybridized carbons (Fsp3) is 0.318. The van der Waals surface area contributed by atoms with Crippen molar-refractivity contribution < 1.29 is 31.5 Å². The number of sulfone groups is 1. The number of carbonyl (C=O) groups excluding carboxylic acids is 1. The van der Waals surface area contributed by atoms with Crippen molar-refractivity contribution in [3.8, 4) is 17.1 Å². The van der Waals surface area contributed by atoms with E-state index in [1.54, 1.807) is 12.1 Å². The van der Waals surface area contributed by atoms with E-state index in [1.165, 1.54) is 31.3 Å². The maximum atomic E-state index is 13.4. The van der Waals surface area contributed by atoms with Gasteiger partial charge >= 0.3 is 0 Å². The van der Waals surface area contributed by atoms with Crippen LogP contribution < -0.4 is 15.4 Å². The minimum Gasteiger partial charge on any atom is -0.491 e. The fourth-order valence-corrected chi connectivity index (χ4v) is 3.46. The minimum absolute atomic E-state index is 0.0745. The van der Waals surface area contributed by atoms with Crippen molar-refractivity contribution in [2.24, 2.45) is 0 Å². The molecule has 3 rings (SSSR count). The summed E-state index contributed by atoms with van der Waals surface area (Å²) in [6.07, 6.45) is 1.84. The molecule has 0 fully saturated rings. The van der Waals surface area contributed by atoms with Crippen LogP contribution in [-0.4, -0.2) is 46.9 Å². The van der Waals surface area contributed by atoms with Gasteiger partial charge in [-0.05, 0) is 36.8 Å². The average molecular weight is 465 g/mol. The van der Waals surface area contributed by atoms with Crippen LogP contribution in [0.4, 0.5) is 10.1 Å². The summed E-state index contributed by atoms with van der Waals surface area (Å²) in [6.45, 7) is 2.32. The van der Waals surface area contributed by atoms with Gasteiger partial charge < -0.3 is 24.5 Å². The lowest BCUT2D eigenvalue weighted by Gasteiger charge is -2.13. The number of ether oxygens (including phenoxy) is 2. The predicted octanol–water partition coefficient (Wildman–Crippen LogP) is 3.78. The van der Waals surface area contributed by atoms with E-state index in [9.17, 15) is 17.6 Å². The summed E-state index contributed by atoms with van der Waals surface area (Å²) in [6, 6.07) is 8.99. The summed E-state index contributed by atoms with van der Waals surface area (Å²) in [5.74, 6) is -0.432. The van der Waals surface area contributed by atoms with Gasteiger partial charge in [-0.2, -0.15) is 0 Å². The highest BCUT2D eigenvalue weighted by Crippen LogP contribution is 2.39. The van der Waals surface area contributed by atoms with E-state index in [1.807, 2.05) is 6.92 Å².